The lowest BCUT2D eigenvalue weighted by Gasteiger charge is -2.39. The number of carbonyl (C=O) groups is 2. The molecule has 2 unspecified atom stereocenters. The molecule has 182 valence electrons. The van der Waals surface area contributed by atoms with Gasteiger partial charge in [-0.15, -0.1) is 0 Å². The number of alkyl halides is 5. The van der Waals surface area contributed by atoms with Crippen LogP contribution in [-0.4, -0.2) is 42.6 Å². The van der Waals surface area contributed by atoms with E-state index < -0.39 is 41.5 Å². The zero-order valence-electron chi connectivity index (χ0n) is 18.1. The van der Waals surface area contributed by atoms with E-state index in [-0.39, 0.29) is 37.6 Å². The number of carbonyl (C=O) groups excluding carboxylic acids is 2. The van der Waals surface area contributed by atoms with E-state index in [4.69, 9.17) is 0 Å². The molecule has 0 aromatic heterocycles. The van der Waals surface area contributed by atoms with Gasteiger partial charge in [0.25, 0.3) is 0 Å². The minimum atomic E-state index is -4.65. The molecule has 34 heavy (non-hydrogen) atoms. The summed E-state index contributed by atoms with van der Waals surface area (Å²) in [6, 6.07) is 7.30. The van der Waals surface area contributed by atoms with Gasteiger partial charge in [0.2, 0.25) is 11.8 Å². The van der Waals surface area contributed by atoms with E-state index in [1.165, 1.54) is 36.1 Å². The number of nitrogens with zero attached hydrogens (tertiary/aromatic N) is 2. The molecule has 1 aromatic rings. The minimum Gasteiger partial charge on any atom is -0.435 e. The average molecular weight is 483 g/mol. The standard InChI is InChI=1S/C23H22F5N3O3/c1-22(12-15(23(26,27)28)2-3-16(22)13-29)20(33)31-10-8-14(9-11-31)19(32)30-17-4-6-18(7-5-17)34-21(24)25/h2-7,12,14,16,21H,8-11H2,1H3,(H,30,32). The second kappa shape index (κ2) is 9.83. The maximum atomic E-state index is 13.2. The first kappa shape index (κ1) is 25.2. The van der Waals surface area contributed by atoms with E-state index in [9.17, 15) is 36.8 Å². The molecule has 1 aliphatic heterocycles. The van der Waals surface area contributed by atoms with Crippen LogP contribution in [0, 0.1) is 28.6 Å². The van der Waals surface area contributed by atoms with Crippen molar-refractivity contribution in [2.45, 2.75) is 32.6 Å². The van der Waals surface area contributed by atoms with Crippen LogP contribution in [0.4, 0.5) is 27.6 Å². The van der Waals surface area contributed by atoms with E-state index in [2.05, 4.69) is 10.1 Å². The summed E-state index contributed by atoms with van der Waals surface area (Å²) in [5.41, 5.74) is -2.27. The highest BCUT2D eigenvalue weighted by molar-refractivity contribution is 5.93. The fourth-order valence-electron chi connectivity index (χ4n) is 4.06. The lowest BCUT2D eigenvalue weighted by Crippen LogP contribution is -2.49. The first-order valence-electron chi connectivity index (χ1n) is 10.5. The van der Waals surface area contributed by atoms with Gasteiger partial charge >= 0.3 is 12.8 Å². The van der Waals surface area contributed by atoms with E-state index in [0.29, 0.717) is 5.69 Å². The maximum absolute atomic E-state index is 13.2. The molecule has 2 aliphatic rings. The van der Waals surface area contributed by atoms with E-state index in [1.54, 1.807) is 0 Å². The number of benzene rings is 1. The summed E-state index contributed by atoms with van der Waals surface area (Å²) >= 11 is 0. The lowest BCUT2D eigenvalue weighted by atomic mass is 9.72. The molecule has 0 spiro atoms. The van der Waals surface area contributed by atoms with Crippen molar-refractivity contribution in [1.82, 2.24) is 4.90 Å². The smallest absolute Gasteiger partial charge is 0.416 e. The largest absolute Gasteiger partial charge is 0.435 e. The van der Waals surface area contributed by atoms with E-state index >= 15 is 0 Å². The Labute approximate surface area is 192 Å². The van der Waals surface area contributed by atoms with Crippen LogP contribution in [0.2, 0.25) is 0 Å². The van der Waals surface area contributed by atoms with Gasteiger partial charge in [-0.1, -0.05) is 18.2 Å². The molecule has 1 heterocycles. The summed E-state index contributed by atoms with van der Waals surface area (Å²) in [6.07, 6.45) is -1.37. The van der Waals surface area contributed by atoms with Crippen LogP contribution in [-0.2, 0) is 9.59 Å². The Morgan fingerprint density at radius 1 is 1.21 bits per heavy atom. The van der Waals surface area contributed by atoms with Gasteiger partial charge in [-0.2, -0.15) is 27.2 Å². The van der Waals surface area contributed by atoms with Gasteiger partial charge in [0, 0.05) is 24.7 Å². The Bertz CT molecular complexity index is 1020. The number of nitrogens with one attached hydrogen (secondary N) is 1. The van der Waals surface area contributed by atoms with Gasteiger partial charge in [-0.3, -0.25) is 9.59 Å². The quantitative estimate of drug-likeness (QED) is 0.618. The number of anilines is 1. The maximum Gasteiger partial charge on any atom is 0.416 e. The Kier molecular flexibility index (Phi) is 7.29. The predicted molar refractivity (Wildman–Crippen MR) is 111 cm³/mol. The van der Waals surface area contributed by atoms with Crippen LogP contribution in [0.5, 0.6) is 5.75 Å². The van der Waals surface area contributed by atoms with E-state index in [1.807, 2.05) is 6.07 Å². The van der Waals surface area contributed by atoms with Gasteiger partial charge in [0.15, 0.2) is 0 Å². The molecule has 0 saturated carbocycles. The van der Waals surface area contributed by atoms with Crippen molar-refractivity contribution in [2.75, 3.05) is 18.4 Å². The van der Waals surface area contributed by atoms with Gasteiger partial charge in [0.1, 0.15) is 5.75 Å². The molecule has 0 radical (unpaired) electrons. The molecular weight excluding hydrogens is 461 g/mol. The van der Waals surface area contributed by atoms with Crippen LogP contribution < -0.4 is 10.1 Å². The highest BCUT2D eigenvalue weighted by Gasteiger charge is 2.47. The Morgan fingerprint density at radius 3 is 2.35 bits per heavy atom. The summed E-state index contributed by atoms with van der Waals surface area (Å²) in [5, 5.41) is 12.1. The number of rotatable bonds is 5. The molecular formula is C23H22F5N3O3. The summed E-state index contributed by atoms with van der Waals surface area (Å²) < 4.78 is 68.3. The van der Waals surface area contributed by atoms with Gasteiger partial charge in [-0.05, 0) is 44.0 Å². The second-order valence-corrected chi connectivity index (χ2v) is 8.30. The van der Waals surface area contributed by atoms with Gasteiger partial charge in [-0.25, -0.2) is 0 Å². The number of allylic oxidation sites excluding steroid dienone is 3. The third-order valence-electron chi connectivity index (χ3n) is 6.00. The van der Waals surface area contributed by atoms with E-state index in [0.717, 1.165) is 18.2 Å². The number of amides is 2. The zero-order chi connectivity index (χ0) is 25.1. The number of ether oxygens (including phenoxy) is 1. The molecule has 1 fully saturated rings. The number of piperidine rings is 1. The number of nitriles is 1. The Balaban J connectivity index is 1.62. The summed E-state index contributed by atoms with van der Waals surface area (Å²) in [5.74, 6) is -2.48. The number of hydrogen-bond acceptors (Lipinski definition) is 4. The number of halogens is 5. The third kappa shape index (κ3) is 5.55. The minimum absolute atomic E-state index is 0.0516. The topological polar surface area (TPSA) is 82.4 Å². The van der Waals surface area contributed by atoms with Crippen LogP contribution in [0.1, 0.15) is 19.8 Å². The van der Waals surface area contributed by atoms with Crippen molar-refractivity contribution >= 4 is 17.5 Å². The van der Waals surface area contributed by atoms with Gasteiger partial charge < -0.3 is 15.0 Å². The van der Waals surface area contributed by atoms with Crippen molar-refractivity contribution in [3.63, 3.8) is 0 Å². The first-order chi connectivity index (χ1) is 15.9. The SMILES string of the molecule is CC1(C(=O)N2CCC(C(=O)Nc3ccc(OC(F)F)cc3)CC2)C=C(C(F)(F)F)C=CC1C#N. The first-order valence-corrected chi connectivity index (χ1v) is 10.5. The molecule has 6 nitrogen and oxygen atoms in total. The predicted octanol–water partition coefficient (Wildman–Crippen LogP) is 4.67. The van der Waals surface area contributed by atoms with Crippen LogP contribution in [0.15, 0.2) is 48.1 Å². The lowest BCUT2D eigenvalue weighted by molar-refractivity contribution is -0.142. The molecule has 1 saturated heterocycles. The molecule has 3 rings (SSSR count). The molecule has 1 N–H and O–H groups in total. The normalized spacial score (nSPS) is 23.3. The molecule has 1 aliphatic carbocycles. The van der Waals surface area contributed by atoms with Crippen LogP contribution >= 0.6 is 0 Å². The summed E-state index contributed by atoms with van der Waals surface area (Å²) in [4.78, 5) is 27.1. The second-order valence-electron chi connectivity index (χ2n) is 8.30. The number of likely N-dealkylation sites (tertiary alicyclic amines) is 1. The summed E-state index contributed by atoms with van der Waals surface area (Å²) in [6.45, 7) is -1.35. The zero-order valence-corrected chi connectivity index (χ0v) is 18.1. The van der Waals surface area contributed by atoms with Crippen LogP contribution in [0.25, 0.3) is 0 Å². The molecule has 0 bridgehead atoms. The highest BCUT2D eigenvalue weighted by Crippen LogP contribution is 2.42. The Hall–Kier alpha value is -3.42. The molecule has 2 atom stereocenters. The summed E-state index contributed by atoms with van der Waals surface area (Å²) in [7, 11) is 0. The Morgan fingerprint density at radius 2 is 1.82 bits per heavy atom. The van der Waals surface area contributed by atoms with Crippen molar-refractivity contribution < 1.29 is 36.3 Å². The van der Waals surface area contributed by atoms with Crippen molar-refractivity contribution in [3.05, 3.63) is 48.1 Å². The molecule has 11 heteroatoms. The molecule has 1 aromatic carbocycles. The fourth-order valence-corrected chi connectivity index (χ4v) is 4.06. The highest BCUT2D eigenvalue weighted by atomic mass is 19.4. The van der Waals surface area contributed by atoms with Crippen molar-refractivity contribution in [1.29, 1.82) is 5.26 Å². The van der Waals surface area contributed by atoms with Gasteiger partial charge in [0.05, 0.1) is 23.0 Å². The average Bonchev–Trinajstić information content (AvgIpc) is 2.79. The fraction of sp³-hybridized carbons (Fsp3) is 0.435. The monoisotopic (exact) mass is 483 g/mol. The third-order valence-corrected chi connectivity index (χ3v) is 6.00. The number of hydrogen-bond donors (Lipinski definition) is 1. The molecule has 2 amide bonds. The van der Waals surface area contributed by atoms with Crippen molar-refractivity contribution in [3.8, 4) is 11.8 Å². The van der Waals surface area contributed by atoms with Crippen molar-refractivity contribution in [2.24, 2.45) is 17.3 Å². The van der Waals surface area contributed by atoms with Crippen LogP contribution in [0.3, 0.4) is 0 Å².